The van der Waals surface area contributed by atoms with Crippen LogP contribution in [0.15, 0.2) is 37.2 Å². The Morgan fingerprint density at radius 1 is 1.12 bits per heavy atom. The van der Waals surface area contributed by atoms with Crippen LogP contribution in [0.2, 0.25) is 0 Å². The molecule has 0 bridgehead atoms. The van der Waals surface area contributed by atoms with Crippen LogP contribution in [0.5, 0.6) is 0 Å². The summed E-state index contributed by atoms with van der Waals surface area (Å²) in [6.45, 7) is 4.36. The van der Waals surface area contributed by atoms with Crippen molar-refractivity contribution >= 4 is 5.91 Å². The van der Waals surface area contributed by atoms with Gasteiger partial charge < -0.3 is 9.64 Å². The van der Waals surface area contributed by atoms with E-state index in [-0.39, 0.29) is 12.0 Å². The first kappa shape index (κ1) is 16.5. The predicted octanol–water partition coefficient (Wildman–Crippen LogP) is 2.57. The molecule has 0 aromatic carbocycles. The number of ether oxygens (including phenoxy) is 1. The maximum absolute atomic E-state index is 12.7. The van der Waals surface area contributed by atoms with Crippen molar-refractivity contribution in [1.29, 1.82) is 0 Å². The number of amides is 1. The minimum absolute atomic E-state index is 0.0233. The Kier molecular flexibility index (Phi) is 5.48. The molecule has 1 aliphatic rings. The monoisotopic (exact) mass is 326 g/mol. The maximum Gasteiger partial charge on any atom is 0.255 e. The van der Waals surface area contributed by atoms with E-state index in [9.17, 15) is 4.79 Å². The molecule has 126 valence electrons. The maximum atomic E-state index is 12.7. The number of carbonyl (C=O) groups is 1. The molecule has 24 heavy (non-hydrogen) atoms. The second-order valence-electron chi connectivity index (χ2n) is 5.95. The number of piperidine rings is 1. The molecule has 0 unspecified atom stereocenters. The second-order valence-corrected chi connectivity index (χ2v) is 5.95. The summed E-state index contributed by atoms with van der Waals surface area (Å²) < 4.78 is 5.78. The zero-order valence-electron chi connectivity index (χ0n) is 13.9. The van der Waals surface area contributed by atoms with E-state index in [1.54, 1.807) is 24.8 Å². The van der Waals surface area contributed by atoms with Gasteiger partial charge in [-0.25, -0.2) is 9.97 Å². The van der Waals surface area contributed by atoms with Gasteiger partial charge in [0.1, 0.15) is 6.33 Å². The summed E-state index contributed by atoms with van der Waals surface area (Å²) in [6, 6.07) is 1.85. The van der Waals surface area contributed by atoms with Gasteiger partial charge in [0.25, 0.3) is 5.91 Å². The van der Waals surface area contributed by atoms with E-state index in [1.807, 2.05) is 11.0 Å². The van der Waals surface area contributed by atoms with Gasteiger partial charge in [0.05, 0.1) is 11.7 Å². The lowest BCUT2D eigenvalue weighted by Crippen LogP contribution is -2.41. The SMILES string of the molecule is CCCOC1CCN(C(=O)c2cncc(-c3cncnc3)c2)CC1. The lowest BCUT2D eigenvalue weighted by atomic mass is 10.1. The molecular formula is C18H22N4O2. The van der Waals surface area contributed by atoms with Gasteiger partial charge in [-0.1, -0.05) is 6.92 Å². The Bertz CT molecular complexity index is 670. The standard InChI is InChI=1S/C18H22N4O2/c1-2-7-24-17-3-5-22(6-4-17)18(23)15-8-14(9-19-10-15)16-11-20-13-21-12-16/h8-13,17H,2-7H2,1H3. The Balaban J connectivity index is 1.66. The molecule has 1 aliphatic heterocycles. The molecule has 0 radical (unpaired) electrons. The Morgan fingerprint density at radius 2 is 1.83 bits per heavy atom. The first-order valence-corrected chi connectivity index (χ1v) is 8.39. The normalized spacial score (nSPS) is 15.5. The number of aromatic nitrogens is 3. The van der Waals surface area contributed by atoms with Crippen molar-refractivity contribution in [2.45, 2.75) is 32.3 Å². The molecule has 3 rings (SSSR count). The Morgan fingerprint density at radius 3 is 2.54 bits per heavy atom. The van der Waals surface area contributed by atoms with Crippen LogP contribution >= 0.6 is 0 Å². The molecule has 0 aliphatic carbocycles. The topological polar surface area (TPSA) is 68.2 Å². The highest BCUT2D eigenvalue weighted by Gasteiger charge is 2.24. The molecule has 6 heteroatoms. The fourth-order valence-corrected chi connectivity index (χ4v) is 2.86. The molecule has 1 saturated heterocycles. The quantitative estimate of drug-likeness (QED) is 0.845. The van der Waals surface area contributed by atoms with E-state index in [0.717, 1.165) is 50.1 Å². The predicted molar refractivity (Wildman–Crippen MR) is 90.4 cm³/mol. The fourth-order valence-electron chi connectivity index (χ4n) is 2.86. The zero-order valence-corrected chi connectivity index (χ0v) is 13.9. The summed E-state index contributed by atoms with van der Waals surface area (Å²) in [5.41, 5.74) is 2.30. The highest BCUT2D eigenvalue weighted by molar-refractivity contribution is 5.95. The minimum Gasteiger partial charge on any atom is -0.378 e. The lowest BCUT2D eigenvalue weighted by Gasteiger charge is -2.32. The van der Waals surface area contributed by atoms with Gasteiger partial charge in [-0.3, -0.25) is 9.78 Å². The van der Waals surface area contributed by atoms with Gasteiger partial charge in [-0.05, 0) is 25.3 Å². The molecule has 2 aromatic heterocycles. The van der Waals surface area contributed by atoms with Crippen LogP contribution in [0.4, 0.5) is 0 Å². The smallest absolute Gasteiger partial charge is 0.255 e. The molecule has 2 aromatic rings. The number of rotatable bonds is 5. The third-order valence-electron chi connectivity index (χ3n) is 4.17. The average molecular weight is 326 g/mol. The van der Waals surface area contributed by atoms with E-state index >= 15 is 0 Å². The number of likely N-dealkylation sites (tertiary alicyclic amines) is 1. The summed E-state index contributed by atoms with van der Waals surface area (Å²) in [6.07, 6.45) is 11.4. The summed E-state index contributed by atoms with van der Waals surface area (Å²) in [5.74, 6) is 0.0233. The first-order chi connectivity index (χ1) is 11.8. The van der Waals surface area contributed by atoms with Crippen LogP contribution in [-0.4, -0.2) is 51.6 Å². The fraction of sp³-hybridized carbons (Fsp3) is 0.444. The molecule has 0 atom stereocenters. The zero-order chi connectivity index (χ0) is 16.8. The summed E-state index contributed by atoms with van der Waals surface area (Å²) in [5, 5.41) is 0. The van der Waals surface area contributed by atoms with Gasteiger partial charge in [0.2, 0.25) is 0 Å². The molecule has 0 saturated carbocycles. The van der Waals surface area contributed by atoms with Crippen molar-refractivity contribution in [3.05, 3.63) is 42.7 Å². The van der Waals surface area contributed by atoms with E-state index in [4.69, 9.17) is 4.74 Å². The highest BCUT2D eigenvalue weighted by atomic mass is 16.5. The summed E-state index contributed by atoms with van der Waals surface area (Å²) in [7, 11) is 0. The van der Waals surface area contributed by atoms with Crippen molar-refractivity contribution < 1.29 is 9.53 Å². The van der Waals surface area contributed by atoms with Crippen molar-refractivity contribution in [3.8, 4) is 11.1 Å². The molecule has 1 amide bonds. The number of hydrogen-bond donors (Lipinski definition) is 0. The van der Waals surface area contributed by atoms with Gasteiger partial charge in [-0.2, -0.15) is 0 Å². The third kappa shape index (κ3) is 3.94. The van der Waals surface area contributed by atoms with Crippen LogP contribution in [-0.2, 0) is 4.74 Å². The molecule has 3 heterocycles. The third-order valence-corrected chi connectivity index (χ3v) is 4.17. The van der Waals surface area contributed by atoms with Crippen molar-refractivity contribution in [2.24, 2.45) is 0 Å². The van der Waals surface area contributed by atoms with Crippen LogP contribution < -0.4 is 0 Å². The van der Waals surface area contributed by atoms with E-state index in [0.29, 0.717) is 5.56 Å². The van der Waals surface area contributed by atoms with Crippen LogP contribution in [0.25, 0.3) is 11.1 Å². The van der Waals surface area contributed by atoms with Crippen LogP contribution in [0, 0.1) is 0 Å². The van der Waals surface area contributed by atoms with Gasteiger partial charge in [-0.15, -0.1) is 0 Å². The largest absolute Gasteiger partial charge is 0.378 e. The number of pyridine rings is 1. The van der Waals surface area contributed by atoms with Gasteiger partial charge in [0, 0.05) is 55.6 Å². The van der Waals surface area contributed by atoms with Gasteiger partial charge >= 0.3 is 0 Å². The Hall–Kier alpha value is -2.34. The van der Waals surface area contributed by atoms with E-state index < -0.39 is 0 Å². The van der Waals surface area contributed by atoms with Gasteiger partial charge in [0.15, 0.2) is 0 Å². The first-order valence-electron chi connectivity index (χ1n) is 8.39. The van der Waals surface area contributed by atoms with E-state index in [2.05, 4.69) is 21.9 Å². The average Bonchev–Trinajstić information content (AvgIpc) is 2.67. The van der Waals surface area contributed by atoms with Crippen LogP contribution in [0.1, 0.15) is 36.5 Å². The molecule has 6 nitrogen and oxygen atoms in total. The molecule has 0 N–H and O–H groups in total. The molecular weight excluding hydrogens is 304 g/mol. The van der Waals surface area contributed by atoms with Crippen molar-refractivity contribution in [3.63, 3.8) is 0 Å². The molecule has 1 fully saturated rings. The van der Waals surface area contributed by atoms with Crippen LogP contribution in [0.3, 0.4) is 0 Å². The Labute approximate surface area is 141 Å². The van der Waals surface area contributed by atoms with Crippen molar-refractivity contribution in [2.75, 3.05) is 19.7 Å². The summed E-state index contributed by atoms with van der Waals surface area (Å²) >= 11 is 0. The van der Waals surface area contributed by atoms with E-state index in [1.165, 1.54) is 6.33 Å². The number of nitrogens with zero attached hydrogens (tertiary/aromatic N) is 4. The minimum atomic E-state index is 0.0233. The van der Waals surface area contributed by atoms with Crippen molar-refractivity contribution in [1.82, 2.24) is 19.9 Å². The highest BCUT2D eigenvalue weighted by Crippen LogP contribution is 2.20. The lowest BCUT2D eigenvalue weighted by molar-refractivity contribution is 0.00900. The number of hydrogen-bond acceptors (Lipinski definition) is 5. The number of carbonyl (C=O) groups excluding carboxylic acids is 1. The summed E-state index contributed by atoms with van der Waals surface area (Å²) in [4.78, 5) is 26.8. The second kappa shape index (κ2) is 7.97. The molecule has 0 spiro atoms.